The van der Waals surface area contributed by atoms with Crippen molar-refractivity contribution in [2.24, 2.45) is 0 Å². The Kier molecular flexibility index (Phi) is 4.10. The molecular weight excluding hydrogens is 348 g/mol. The Morgan fingerprint density at radius 1 is 1.00 bits per heavy atom. The lowest BCUT2D eigenvalue weighted by molar-refractivity contribution is 0.724. The number of aromatic nitrogens is 5. The Bertz CT molecular complexity index is 1230. The van der Waals surface area contributed by atoms with Gasteiger partial charge in [-0.15, -0.1) is 0 Å². The van der Waals surface area contributed by atoms with E-state index in [1.807, 2.05) is 30.7 Å². The average Bonchev–Trinajstić information content (AvgIpc) is 3.35. The van der Waals surface area contributed by atoms with E-state index in [-0.39, 0.29) is 0 Å². The fourth-order valence-electron chi connectivity index (χ4n) is 3.48. The van der Waals surface area contributed by atoms with Crippen molar-refractivity contribution in [3.8, 4) is 22.5 Å². The molecule has 0 amide bonds. The van der Waals surface area contributed by atoms with Crippen LogP contribution in [0.5, 0.6) is 0 Å². The van der Waals surface area contributed by atoms with E-state index >= 15 is 0 Å². The molecule has 28 heavy (non-hydrogen) atoms. The van der Waals surface area contributed by atoms with Crippen molar-refractivity contribution in [3.05, 3.63) is 66.6 Å². The van der Waals surface area contributed by atoms with Gasteiger partial charge in [-0.3, -0.25) is 10.1 Å². The van der Waals surface area contributed by atoms with Crippen LogP contribution in [0.3, 0.4) is 0 Å². The van der Waals surface area contributed by atoms with Crippen molar-refractivity contribution in [1.29, 1.82) is 0 Å². The van der Waals surface area contributed by atoms with Crippen molar-refractivity contribution in [2.45, 2.75) is 13.5 Å². The molecule has 0 spiro atoms. The monoisotopic (exact) mass is 368 g/mol. The highest BCUT2D eigenvalue weighted by atomic mass is 15.2. The van der Waals surface area contributed by atoms with Crippen LogP contribution in [-0.4, -0.2) is 31.7 Å². The second-order valence-corrected chi connectivity index (χ2v) is 6.83. The number of para-hydroxylation sites is 1. The molecule has 4 heterocycles. The highest BCUT2D eigenvalue weighted by Crippen LogP contribution is 2.30. The number of nitrogens with one attached hydrogen (secondary N) is 3. The van der Waals surface area contributed by atoms with E-state index < -0.39 is 0 Å². The van der Waals surface area contributed by atoms with Crippen LogP contribution in [0.4, 0.5) is 0 Å². The van der Waals surface area contributed by atoms with Crippen molar-refractivity contribution in [1.82, 2.24) is 30.5 Å². The molecule has 5 rings (SSSR count). The first-order valence-electron chi connectivity index (χ1n) is 9.39. The van der Waals surface area contributed by atoms with Crippen LogP contribution in [0, 0.1) is 0 Å². The fraction of sp³-hybridized carbons (Fsp3) is 0.136. The van der Waals surface area contributed by atoms with E-state index in [2.05, 4.69) is 67.7 Å². The van der Waals surface area contributed by atoms with Gasteiger partial charge in [0.25, 0.3) is 0 Å². The third-order valence-corrected chi connectivity index (χ3v) is 4.92. The summed E-state index contributed by atoms with van der Waals surface area (Å²) in [5, 5.41) is 13.0. The smallest absolute Gasteiger partial charge is 0.181 e. The zero-order valence-corrected chi connectivity index (χ0v) is 15.5. The van der Waals surface area contributed by atoms with Crippen molar-refractivity contribution in [3.63, 3.8) is 0 Å². The highest BCUT2D eigenvalue weighted by molar-refractivity contribution is 5.95. The fourth-order valence-corrected chi connectivity index (χ4v) is 3.48. The molecule has 0 bridgehead atoms. The Labute approximate surface area is 162 Å². The second kappa shape index (κ2) is 6.90. The maximum absolute atomic E-state index is 4.55. The summed E-state index contributed by atoms with van der Waals surface area (Å²) in [5.41, 5.74) is 6.98. The molecule has 0 fully saturated rings. The number of hydrogen-bond donors (Lipinski definition) is 3. The molecule has 0 unspecified atom stereocenters. The standard InChI is InChI=1S/C22H20N6/c1-2-23-10-14-7-16(12-24-11-14)17-8-18-21(27-28-22(18)25-13-17)20-9-15-5-3-4-6-19(15)26-20/h3-9,11-13,23,26H,2,10H2,1H3,(H,25,27,28). The minimum atomic E-state index is 0.703. The normalized spacial score (nSPS) is 11.5. The van der Waals surface area contributed by atoms with Crippen molar-refractivity contribution < 1.29 is 0 Å². The van der Waals surface area contributed by atoms with Crippen LogP contribution < -0.4 is 5.32 Å². The SMILES string of the molecule is CCNCc1cncc(-c2cnc3n[nH]c(-c4cc5ccccc5[nH]4)c3c2)c1. The summed E-state index contributed by atoms with van der Waals surface area (Å²) in [6.07, 6.45) is 5.62. The Morgan fingerprint density at radius 2 is 1.89 bits per heavy atom. The average molecular weight is 368 g/mol. The molecule has 6 nitrogen and oxygen atoms in total. The van der Waals surface area contributed by atoms with Crippen LogP contribution in [-0.2, 0) is 6.54 Å². The number of nitrogens with zero attached hydrogens (tertiary/aromatic N) is 3. The molecule has 0 aliphatic carbocycles. The third-order valence-electron chi connectivity index (χ3n) is 4.92. The van der Waals surface area contributed by atoms with Crippen molar-refractivity contribution >= 4 is 21.9 Å². The minimum Gasteiger partial charge on any atom is -0.353 e. The summed E-state index contributed by atoms with van der Waals surface area (Å²) in [6, 6.07) is 14.6. The molecule has 0 saturated heterocycles. The number of rotatable bonds is 5. The first kappa shape index (κ1) is 16.6. The van der Waals surface area contributed by atoms with Gasteiger partial charge in [-0.25, -0.2) is 4.98 Å². The van der Waals surface area contributed by atoms with Gasteiger partial charge < -0.3 is 10.3 Å². The van der Waals surface area contributed by atoms with Gasteiger partial charge >= 0.3 is 0 Å². The molecule has 6 heteroatoms. The topological polar surface area (TPSA) is 82.3 Å². The molecule has 0 aliphatic rings. The summed E-state index contributed by atoms with van der Waals surface area (Å²) >= 11 is 0. The summed E-state index contributed by atoms with van der Waals surface area (Å²) < 4.78 is 0. The minimum absolute atomic E-state index is 0.703. The van der Waals surface area contributed by atoms with Gasteiger partial charge in [0, 0.05) is 52.6 Å². The maximum atomic E-state index is 4.55. The van der Waals surface area contributed by atoms with Gasteiger partial charge in [-0.05, 0) is 36.4 Å². The van der Waals surface area contributed by atoms with Gasteiger partial charge in [0.15, 0.2) is 5.65 Å². The molecule has 0 aliphatic heterocycles. The predicted molar refractivity (Wildman–Crippen MR) is 112 cm³/mol. The van der Waals surface area contributed by atoms with Gasteiger partial charge in [-0.2, -0.15) is 5.10 Å². The van der Waals surface area contributed by atoms with Crippen LogP contribution in [0.25, 0.3) is 44.5 Å². The molecule has 0 atom stereocenters. The van der Waals surface area contributed by atoms with Gasteiger partial charge in [-0.1, -0.05) is 25.1 Å². The lowest BCUT2D eigenvalue weighted by Crippen LogP contribution is -2.11. The molecule has 5 aromatic rings. The van der Waals surface area contributed by atoms with Crippen LogP contribution in [0.2, 0.25) is 0 Å². The number of benzene rings is 1. The number of hydrogen-bond acceptors (Lipinski definition) is 4. The number of fused-ring (bicyclic) bond motifs is 2. The highest BCUT2D eigenvalue weighted by Gasteiger charge is 2.13. The second-order valence-electron chi connectivity index (χ2n) is 6.83. The zero-order valence-electron chi connectivity index (χ0n) is 15.5. The zero-order chi connectivity index (χ0) is 18.9. The van der Waals surface area contributed by atoms with Crippen LogP contribution >= 0.6 is 0 Å². The van der Waals surface area contributed by atoms with Gasteiger partial charge in [0.05, 0.1) is 11.4 Å². The van der Waals surface area contributed by atoms with Crippen molar-refractivity contribution in [2.75, 3.05) is 6.54 Å². The number of H-pyrrole nitrogens is 2. The van der Waals surface area contributed by atoms with E-state index in [1.165, 1.54) is 5.39 Å². The summed E-state index contributed by atoms with van der Waals surface area (Å²) in [4.78, 5) is 12.4. The summed E-state index contributed by atoms with van der Waals surface area (Å²) in [5.74, 6) is 0. The van der Waals surface area contributed by atoms with E-state index in [9.17, 15) is 0 Å². The molecule has 0 radical (unpaired) electrons. The van der Waals surface area contributed by atoms with E-state index in [0.717, 1.165) is 52.1 Å². The van der Waals surface area contributed by atoms with Crippen LogP contribution in [0.15, 0.2) is 61.1 Å². The molecular formula is C22H20N6. The number of pyridine rings is 2. The Balaban J connectivity index is 1.58. The van der Waals surface area contributed by atoms with E-state index in [4.69, 9.17) is 0 Å². The first-order valence-corrected chi connectivity index (χ1v) is 9.39. The van der Waals surface area contributed by atoms with Gasteiger partial charge in [0.2, 0.25) is 0 Å². The molecule has 4 aromatic heterocycles. The largest absolute Gasteiger partial charge is 0.353 e. The Morgan fingerprint density at radius 3 is 2.79 bits per heavy atom. The lowest BCUT2D eigenvalue weighted by atomic mass is 10.1. The van der Waals surface area contributed by atoms with Crippen LogP contribution in [0.1, 0.15) is 12.5 Å². The molecule has 138 valence electrons. The molecule has 3 N–H and O–H groups in total. The molecule has 0 saturated carbocycles. The lowest BCUT2D eigenvalue weighted by Gasteiger charge is -2.05. The quantitative estimate of drug-likeness (QED) is 0.432. The van der Waals surface area contributed by atoms with E-state index in [1.54, 1.807) is 0 Å². The van der Waals surface area contributed by atoms with Gasteiger partial charge in [0.1, 0.15) is 0 Å². The summed E-state index contributed by atoms with van der Waals surface area (Å²) in [7, 11) is 0. The van der Waals surface area contributed by atoms with E-state index in [0.29, 0.717) is 5.65 Å². The summed E-state index contributed by atoms with van der Waals surface area (Å²) in [6.45, 7) is 3.83. The first-order chi connectivity index (χ1) is 13.8. The Hall–Kier alpha value is -3.51. The third kappa shape index (κ3) is 2.93. The maximum Gasteiger partial charge on any atom is 0.181 e. The number of aromatic amines is 2. The molecule has 1 aromatic carbocycles. The predicted octanol–water partition coefficient (Wildman–Crippen LogP) is 4.28.